The number of nitrogens with one attached hydrogen (secondary N) is 3. The van der Waals surface area contributed by atoms with Crippen molar-refractivity contribution in [3.8, 4) is 0 Å². The molecule has 0 heterocycles. The number of hydrogen-bond acceptors (Lipinski definition) is 4. The number of hydrogen-bond donors (Lipinski definition) is 3. The van der Waals surface area contributed by atoms with Crippen LogP contribution in [0.25, 0.3) is 0 Å². The summed E-state index contributed by atoms with van der Waals surface area (Å²) in [6.07, 6.45) is 0. The number of rotatable bonds is 4. The van der Waals surface area contributed by atoms with E-state index in [0.717, 1.165) is 5.56 Å². The number of aryl methyl sites for hydroxylation is 2. The number of carbonyl (C=O) groups excluding carboxylic acids is 2. The number of sulfonamides is 1. The van der Waals surface area contributed by atoms with Gasteiger partial charge < -0.3 is 0 Å². The predicted molar refractivity (Wildman–Crippen MR) is 107 cm³/mol. The lowest BCUT2D eigenvalue weighted by molar-refractivity contribution is 0.0845. The van der Waals surface area contributed by atoms with Gasteiger partial charge in [-0.3, -0.25) is 20.4 Å². The third-order valence-corrected chi connectivity index (χ3v) is 5.64. The Balaban J connectivity index is 2.20. The van der Waals surface area contributed by atoms with Gasteiger partial charge in [0.05, 0.1) is 4.90 Å². The maximum absolute atomic E-state index is 12.5. The van der Waals surface area contributed by atoms with Gasteiger partial charge >= 0.3 is 0 Å². The summed E-state index contributed by atoms with van der Waals surface area (Å²) in [6.45, 7) is 8.66. The predicted octanol–water partition coefficient (Wildman–Crippen LogP) is 2.46. The first-order chi connectivity index (χ1) is 12.9. The van der Waals surface area contributed by atoms with Crippen LogP contribution in [0.1, 0.15) is 52.6 Å². The highest BCUT2D eigenvalue weighted by Crippen LogP contribution is 2.17. The monoisotopic (exact) mass is 403 g/mol. The molecule has 2 aromatic rings. The summed E-state index contributed by atoms with van der Waals surface area (Å²) >= 11 is 0. The van der Waals surface area contributed by atoms with Crippen molar-refractivity contribution in [2.24, 2.45) is 0 Å². The van der Waals surface area contributed by atoms with Crippen LogP contribution >= 0.6 is 0 Å². The van der Waals surface area contributed by atoms with Crippen LogP contribution in [0, 0.1) is 13.8 Å². The quantitative estimate of drug-likeness (QED) is 0.682. The molecule has 0 aromatic heterocycles. The Bertz CT molecular complexity index is 1010. The van der Waals surface area contributed by atoms with Gasteiger partial charge in [0.15, 0.2) is 0 Å². The zero-order valence-electron chi connectivity index (χ0n) is 16.6. The van der Waals surface area contributed by atoms with E-state index < -0.39 is 27.4 Å². The molecule has 0 unspecified atom stereocenters. The molecule has 0 bridgehead atoms. The minimum Gasteiger partial charge on any atom is -0.267 e. The summed E-state index contributed by atoms with van der Waals surface area (Å²) in [5.74, 6) is -1.06. The van der Waals surface area contributed by atoms with Crippen LogP contribution in [0.3, 0.4) is 0 Å². The zero-order chi connectivity index (χ0) is 21.1. The number of benzene rings is 2. The molecule has 0 fully saturated rings. The fraction of sp³-hybridized carbons (Fsp3) is 0.300. The summed E-state index contributed by atoms with van der Waals surface area (Å²) in [4.78, 5) is 24.7. The van der Waals surface area contributed by atoms with E-state index in [9.17, 15) is 18.0 Å². The second-order valence-corrected chi connectivity index (χ2v) is 9.24. The third kappa shape index (κ3) is 5.40. The van der Waals surface area contributed by atoms with Crippen LogP contribution in [0.5, 0.6) is 0 Å². The van der Waals surface area contributed by atoms with Crippen LogP contribution in [0.2, 0.25) is 0 Å². The normalized spacial score (nSPS) is 11.8. The van der Waals surface area contributed by atoms with E-state index in [4.69, 9.17) is 0 Å². The van der Waals surface area contributed by atoms with Crippen LogP contribution in [-0.4, -0.2) is 25.8 Å². The van der Waals surface area contributed by atoms with E-state index in [1.807, 2.05) is 6.07 Å². The van der Waals surface area contributed by atoms with E-state index in [2.05, 4.69) is 15.6 Å². The second-order valence-electron chi connectivity index (χ2n) is 7.56. The van der Waals surface area contributed by atoms with E-state index in [0.29, 0.717) is 11.1 Å². The Morgan fingerprint density at radius 1 is 0.821 bits per heavy atom. The van der Waals surface area contributed by atoms with Crippen molar-refractivity contribution in [3.05, 3.63) is 64.7 Å². The molecule has 0 saturated carbocycles. The summed E-state index contributed by atoms with van der Waals surface area (Å²) < 4.78 is 27.6. The number of amides is 2. The summed E-state index contributed by atoms with van der Waals surface area (Å²) in [6, 6.07) is 11.3. The lowest BCUT2D eigenvalue weighted by atomic mass is 10.1. The highest BCUT2D eigenvalue weighted by Gasteiger charge is 2.23. The van der Waals surface area contributed by atoms with Gasteiger partial charge in [-0.05, 0) is 63.9 Å². The fourth-order valence-electron chi connectivity index (χ4n) is 2.55. The Morgan fingerprint density at radius 3 is 1.93 bits per heavy atom. The average molecular weight is 404 g/mol. The highest BCUT2D eigenvalue weighted by molar-refractivity contribution is 7.89. The molecular weight excluding hydrogens is 378 g/mol. The molecule has 7 nitrogen and oxygen atoms in total. The van der Waals surface area contributed by atoms with Crippen molar-refractivity contribution in [2.45, 2.75) is 45.1 Å². The molecule has 0 atom stereocenters. The fourth-order valence-corrected chi connectivity index (χ4v) is 4.00. The lowest BCUT2D eigenvalue weighted by Crippen LogP contribution is -2.42. The van der Waals surface area contributed by atoms with E-state index in [-0.39, 0.29) is 10.5 Å². The Labute approximate surface area is 165 Å². The zero-order valence-corrected chi connectivity index (χ0v) is 17.4. The summed E-state index contributed by atoms with van der Waals surface area (Å²) in [5, 5.41) is 0. The average Bonchev–Trinajstić information content (AvgIpc) is 2.58. The first kappa shape index (κ1) is 21.6. The molecule has 2 aromatic carbocycles. The van der Waals surface area contributed by atoms with Gasteiger partial charge in [-0.2, -0.15) is 0 Å². The van der Waals surface area contributed by atoms with E-state index >= 15 is 0 Å². The minimum absolute atomic E-state index is 0.0246. The third-order valence-electron chi connectivity index (χ3n) is 3.88. The van der Waals surface area contributed by atoms with Crippen LogP contribution in [0.15, 0.2) is 47.4 Å². The minimum atomic E-state index is -3.79. The Kier molecular flexibility index (Phi) is 6.26. The molecule has 0 radical (unpaired) electrons. The smallest absolute Gasteiger partial charge is 0.267 e. The molecule has 2 amide bonds. The van der Waals surface area contributed by atoms with Crippen LogP contribution in [-0.2, 0) is 10.0 Å². The first-order valence-electron chi connectivity index (χ1n) is 8.72. The molecule has 3 N–H and O–H groups in total. The van der Waals surface area contributed by atoms with Crippen LogP contribution < -0.4 is 15.6 Å². The molecule has 2 rings (SSSR count). The largest absolute Gasteiger partial charge is 0.270 e. The number of carbonyl (C=O) groups is 2. The van der Waals surface area contributed by atoms with Gasteiger partial charge in [-0.25, -0.2) is 13.1 Å². The molecule has 0 saturated heterocycles. The van der Waals surface area contributed by atoms with Crippen molar-refractivity contribution in [2.75, 3.05) is 0 Å². The highest BCUT2D eigenvalue weighted by atomic mass is 32.2. The molecule has 0 spiro atoms. The number of hydrazine groups is 1. The van der Waals surface area contributed by atoms with Crippen molar-refractivity contribution < 1.29 is 18.0 Å². The molecule has 150 valence electrons. The maximum atomic E-state index is 12.5. The van der Waals surface area contributed by atoms with Gasteiger partial charge in [0.25, 0.3) is 11.8 Å². The van der Waals surface area contributed by atoms with Gasteiger partial charge in [-0.1, -0.05) is 24.3 Å². The van der Waals surface area contributed by atoms with Gasteiger partial charge in [0.1, 0.15) is 0 Å². The Morgan fingerprint density at radius 2 is 1.36 bits per heavy atom. The van der Waals surface area contributed by atoms with Gasteiger partial charge in [-0.15, -0.1) is 0 Å². The van der Waals surface area contributed by atoms with Crippen molar-refractivity contribution >= 4 is 21.8 Å². The van der Waals surface area contributed by atoms with Crippen molar-refractivity contribution in [1.82, 2.24) is 15.6 Å². The SMILES string of the molecule is Cc1ccccc1C(=O)NNC(=O)c1cc(S(=O)(=O)NC(C)(C)C)ccc1C. The summed E-state index contributed by atoms with van der Waals surface area (Å²) in [7, 11) is -3.79. The Hall–Kier alpha value is -2.71. The van der Waals surface area contributed by atoms with Crippen molar-refractivity contribution in [3.63, 3.8) is 0 Å². The summed E-state index contributed by atoms with van der Waals surface area (Å²) in [5.41, 5.74) is 5.98. The van der Waals surface area contributed by atoms with Crippen LogP contribution in [0.4, 0.5) is 0 Å². The molecule has 0 aliphatic rings. The van der Waals surface area contributed by atoms with Gasteiger partial charge in [0.2, 0.25) is 10.0 Å². The molecule has 0 aliphatic carbocycles. The lowest BCUT2D eigenvalue weighted by Gasteiger charge is -2.20. The molecule has 28 heavy (non-hydrogen) atoms. The van der Waals surface area contributed by atoms with Crippen molar-refractivity contribution in [1.29, 1.82) is 0 Å². The maximum Gasteiger partial charge on any atom is 0.270 e. The van der Waals surface area contributed by atoms with E-state index in [1.54, 1.807) is 58.9 Å². The topological polar surface area (TPSA) is 104 Å². The van der Waals surface area contributed by atoms with Gasteiger partial charge in [0, 0.05) is 16.7 Å². The first-order valence-corrected chi connectivity index (χ1v) is 10.2. The standard InChI is InChI=1S/C20H25N3O4S/c1-13-8-6-7-9-16(13)18(24)21-22-19(25)17-12-15(11-10-14(17)2)28(26,27)23-20(3,4)5/h6-12,23H,1-5H3,(H,21,24)(H,22,25). The molecule has 0 aliphatic heterocycles. The second kappa shape index (κ2) is 8.12. The molecule has 8 heteroatoms. The van der Waals surface area contributed by atoms with E-state index in [1.165, 1.54) is 12.1 Å². The molecular formula is C20H25N3O4S.